The van der Waals surface area contributed by atoms with Crippen molar-refractivity contribution in [1.29, 1.82) is 5.26 Å². The highest BCUT2D eigenvalue weighted by atomic mass is 15.2. The molecule has 16 aromatic rings. The molecule has 346 valence electrons. The molecule has 5 heterocycles. The summed E-state index contributed by atoms with van der Waals surface area (Å²) in [6, 6.07) is 86.3. The molecule has 5 aromatic heterocycles. The van der Waals surface area contributed by atoms with E-state index in [2.05, 4.69) is 270 Å². The molecular formula is C68H39N7. The van der Waals surface area contributed by atoms with Gasteiger partial charge in [-0.1, -0.05) is 170 Å². The number of hydrogen-bond acceptors (Lipinski definition) is 1. The van der Waals surface area contributed by atoms with Crippen molar-refractivity contribution in [2.45, 2.75) is 0 Å². The number of para-hydroxylation sites is 9. The summed E-state index contributed by atoms with van der Waals surface area (Å²) in [5.41, 5.74) is 14.1. The third-order valence-electron chi connectivity index (χ3n) is 15.7. The zero-order chi connectivity index (χ0) is 49.5. The molecule has 0 unspecified atom stereocenters. The lowest BCUT2D eigenvalue weighted by Crippen LogP contribution is -2.15. The zero-order valence-corrected chi connectivity index (χ0v) is 40.1. The fourth-order valence-corrected chi connectivity index (χ4v) is 12.8. The molecule has 0 aliphatic carbocycles. The van der Waals surface area contributed by atoms with Crippen molar-refractivity contribution >= 4 is 115 Å². The first-order chi connectivity index (χ1) is 37.2. The lowest BCUT2D eigenvalue weighted by Gasteiger charge is -2.28. The summed E-state index contributed by atoms with van der Waals surface area (Å²) in [7, 11) is 0. The average molecular weight is 954 g/mol. The fraction of sp³-hybridized carbons (Fsp3) is 0. The Morgan fingerprint density at radius 1 is 0.293 bits per heavy atom. The van der Waals surface area contributed by atoms with Gasteiger partial charge < -0.3 is 22.8 Å². The maximum atomic E-state index is 12.4. The standard InChI is InChI=1S/C68H39N7/c1-70-63-52(41-69)65(75-60-38-20-12-30-51(60)62-61(75)40-39-50-49-29-11-13-31-53(49)71(64(50)62)42-21-3-2-4-22-42)67(73-56-34-16-7-25-45(56)46-26-8-17-35-57(46)73)68(74-58-36-18-9-27-47(58)48-28-10-19-37-59(48)74)66(63)72-54-32-14-5-23-43(54)44-24-6-15-33-55(44)72/h2-40H. The first kappa shape index (κ1) is 41.1. The van der Waals surface area contributed by atoms with E-state index in [9.17, 15) is 11.8 Å². The van der Waals surface area contributed by atoms with Gasteiger partial charge in [-0.3, -0.25) is 0 Å². The Labute approximate surface area is 428 Å². The highest BCUT2D eigenvalue weighted by molar-refractivity contribution is 6.27. The lowest BCUT2D eigenvalue weighted by atomic mass is 10.0. The van der Waals surface area contributed by atoms with Crippen molar-refractivity contribution in [3.05, 3.63) is 254 Å². The Balaban J connectivity index is 1.23. The summed E-state index contributed by atoms with van der Waals surface area (Å²) < 4.78 is 11.7. The van der Waals surface area contributed by atoms with Crippen molar-refractivity contribution in [1.82, 2.24) is 22.8 Å². The topological polar surface area (TPSA) is 52.8 Å². The average Bonchev–Trinajstić information content (AvgIpc) is 4.41. The van der Waals surface area contributed by atoms with Crippen LogP contribution in [0.2, 0.25) is 0 Å². The van der Waals surface area contributed by atoms with Gasteiger partial charge in [-0.25, -0.2) is 4.85 Å². The van der Waals surface area contributed by atoms with E-state index in [0.717, 1.165) is 126 Å². The van der Waals surface area contributed by atoms with E-state index in [1.807, 2.05) is 0 Å². The van der Waals surface area contributed by atoms with Crippen LogP contribution in [0, 0.1) is 17.9 Å². The Kier molecular flexibility index (Phi) is 8.46. The highest BCUT2D eigenvalue weighted by Crippen LogP contribution is 2.52. The molecule has 0 fully saturated rings. The van der Waals surface area contributed by atoms with Gasteiger partial charge in [0.15, 0.2) is 0 Å². The number of rotatable bonds is 5. The van der Waals surface area contributed by atoms with Crippen molar-refractivity contribution in [2.75, 3.05) is 0 Å². The first-order valence-corrected chi connectivity index (χ1v) is 25.2. The summed E-state index contributed by atoms with van der Waals surface area (Å²) in [6.45, 7) is 9.58. The van der Waals surface area contributed by atoms with Gasteiger partial charge in [-0.2, -0.15) is 5.26 Å². The molecule has 0 saturated heterocycles. The Hall–Kier alpha value is -10.6. The number of aromatic nitrogens is 5. The minimum Gasteiger partial charge on any atom is -0.317 e. The van der Waals surface area contributed by atoms with Crippen LogP contribution in [0.25, 0.3) is 142 Å². The molecule has 7 heteroatoms. The maximum Gasteiger partial charge on any atom is 0.232 e. The van der Waals surface area contributed by atoms with Gasteiger partial charge in [0, 0.05) is 59.5 Å². The van der Waals surface area contributed by atoms with Crippen LogP contribution in [0.4, 0.5) is 5.69 Å². The molecule has 0 radical (unpaired) electrons. The Bertz CT molecular complexity index is 5060. The van der Waals surface area contributed by atoms with E-state index >= 15 is 0 Å². The number of benzene rings is 11. The van der Waals surface area contributed by atoms with E-state index in [-0.39, 0.29) is 11.3 Å². The van der Waals surface area contributed by atoms with Crippen LogP contribution in [-0.2, 0) is 0 Å². The van der Waals surface area contributed by atoms with E-state index in [1.54, 1.807) is 0 Å². The highest BCUT2D eigenvalue weighted by Gasteiger charge is 2.35. The fourth-order valence-electron chi connectivity index (χ4n) is 12.8. The van der Waals surface area contributed by atoms with E-state index in [1.165, 1.54) is 0 Å². The summed E-state index contributed by atoms with van der Waals surface area (Å²) in [6.07, 6.45) is 0. The molecule has 0 atom stereocenters. The predicted molar refractivity (Wildman–Crippen MR) is 309 cm³/mol. The summed E-state index contributed by atoms with van der Waals surface area (Å²) in [5, 5.41) is 23.1. The molecule has 0 aliphatic heterocycles. The van der Waals surface area contributed by atoms with Crippen LogP contribution in [0.3, 0.4) is 0 Å². The molecule has 0 N–H and O–H groups in total. The third-order valence-corrected chi connectivity index (χ3v) is 15.7. The normalized spacial score (nSPS) is 12.0. The van der Waals surface area contributed by atoms with Gasteiger partial charge in [-0.15, -0.1) is 0 Å². The quantitative estimate of drug-likeness (QED) is 0.159. The molecule has 0 saturated carbocycles. The number of nitriles is 1. The Morgan fingerprint density at radius 2 is 0.613 bits per heavy atom. The second kappa shape index (κ2) is 15.5. The van der Waals surface area contributed by atoms with E-state index in [4.69, 9.17) is 0 Å². The molecule has 0 bridgehead atoms. The molecule has 0 spiro atoms. The monoisotopic (exact) mass is 953 g/mol. The molecule has 75 heavy (non-hydrogen) atoms. The second-order valence-electron chi connectivity index (χ2n) is 19.3. The second-order valence-corrected chi connectivity index (χ2v) is 19.3. The molecule has 11 aromatic carbocycles. The van der Waals surface area contributed by atoms with Gasteiger partial charge in [0.05, 0.1) is 96.1 Å². The minimum atomic E-state index is 0.255. The van der Waals surface area contributed by atoms with Gasteiger partial charge in [0.2, 0.25) is 5.69 Å². The van der Waals surface area contributed by atoms with Crippen molar-refractivity contribution in [2.24, 2.45) is 0 Å². The number of fused-ring (bicyclic) bond motifs is 16. The lowest BCUT2D eigenvalue weighted by molar-refractivity contribution is 1.02. The molecule has 0 amide bonds. The van der Waals surface area contributed by atoms with Gasteiger partial charge in [0.25, 0.3) is 0 Å². The van der Waals surface area contributed by atoms with Crippen molar-refractivity contribution in [3.63, 3.8) is 0 Å². The largest absolute Gasteiger partial charge is 0.317 e. The summed E-state index contributed by atoms with van der Waals surface area (Å²) in [5.74, 6) is 0. The molecule has 16 rings (SSSR count). The van der Waals surface area contributed by atoms with Crippen LogP contribution >= 0.6 is 0 Å². The maximum absolute atomic E-state index is 12.4. The number of nitrogens with zero attached hydrogens (tertiary/aromatic N) is 7. The number of hydrogen-bond donors (Lipinski definition) is 0. The van der Waals surface area contributed by atoms with Crippen LogP contribution < -0.4 is 0 Å². The minimum absolute atomic E-state index is 0.255. The van der Waals surface area contributed by atoms with Gasteiger partial charge in [-0.05, 0) is 66.7 Å². The smallest absolute Gasteiger partial charge is 0.232 e. The van der Waals surface area contributed by atoms with Crippen LogP contribution in [0.1, 0.15) is 5.56 Å². The van der Waals surface area contributed by atoms with Gasteiger partial charge >= 0.3 is 0 Å². The zero-order valence-electron chi connectivity index (χ0n) is 40.1. The van der Waals surface area contributed by atoms with E-state index in [0.29, 0.717) is 11.4 Å². The Morgan fingerprint density at radius 3 is 1.03 bits per heavy atom. The predicted octanol–water partition coefficient (Wildman–Crippen LogP) is 17.6. The van der Waals surface area contributed by atoms with Crippen molar-refractivity contribution < 1.29 is 0 Å². The third kappa shape index (κ3) is 5.40. The van der Waals surface area contributed by atoms with Crippen LogP contribution in [0.5, 0.6) is 0 Å². The van der Waals surface area contributed by atoms with Crippen LogP contribution in [-0.4, -0.2) is 22.8 Å². The molecule has 7 nitrogen and oxygen atoms in total. The van der Waals surface area contributed by atoms with Crippen LogP contribution in [0.15, 0.2) is 237 Å². The first-order valence-electron chi connectivity index (χ1n) is 25.2. The molecule has 0 aliphatic rings. The van der Waals surface area contributed by atoms with Gasteiger partial charge in [0.1, 0.15) is 0 Å². The van der Waals surface area contributed by atoms with E-state index < -0.39 is 0 Å². The molecular weight excluding hydrogens is 915 g/mol. The SMILES string of the molecule is [C-]#[N+]c1c(C#N)c(-n2c3ccccc3c3c2ccc2c4ccccc4n(-c4ccccc4)c23)c(-n2c3ccccc3c3ccccc32)c(-n2c3ccccc3c3ccccc32)c1-n1c2ccccc2c2ccccc21. The summed E-state index contributed by atoms with van der Waals surface area (Å²) >= 11 is 0. The summed E-state index contributed by atoms with van der Waals surface area (Å²) in [4.78, 5) is 4.62. The van der Waals surface area contributed by atoms with Crippen molar-refractivity contribution in [3.8, 4) is 34.5 Å².